The summed E-state index contributed by atoms with van der Waals surface area (Å²) in [4.78, 5) is 2.36. The Morgan fingerprint density at radius 1 is 1.20 bits per heavy atom. The van der Waals surface area contributed by atoms with E-state index in [9.17, 15) is 5.11 Å². The second-order valence-corrected chi connectivity index (χ2v) is 8.14. The minimum Gasteiger partial charge on any atom is -0.492 e. The van der Waals surface area contributed by atoms with E-state index in [4.69, 9.17) is 9.47 Å². The molecule has 0 unspecified atom stereocenters. The van der Waals surface area contributed by atoms with Gasteiger partial charge in [-0.05, 0) is 43.7 Å². The molecule has 6 nitrogen and oxygen atoms in total. The lowest BCUT2D eigenvalue weighted by molar-refractivity contribution is 0.00748. The van der Waals surface area contributed by atoms with Crippen LogP contribution in [0.1, 0.15) is 29.3 Å². The SMILES string of the molecule is Cc1c(CN2CCOc3ccc([C@](C)(O)COc4ccccc4)cc3C2)cnn1C. The van der Waals surface area contributed by atoms with E-state index in [1.165, 1.54) is 11.3 Å². The molecule has 3 aromatic rings. The molecule has 0 saturated carbocycles. The molecule has 6 heteroatoms. The summed E-state index contributed by atoms with van der Waals surface area (Å²) in [6.45, 7) is 7.10. The summed E-state index contributed by atoms with van der Waals surface area (Å²) < 4.78 is 13.7. The summed E-state index contributed by atoms with van der Waals surface area (Å²) in [6, 6.07) is 15.5. The van der Waals surface area contributed by atoms with E-state index in [2.05, 4.69) is 16.9 Å². The highest BCUT2D eigenvalue weighted by molar-refractivity contribution is 5.40. The van der Waals surface area contributed by atoms with Gasteiger partial charge in [0.25, 0.3) is 0 Å². The van der Waals surface area contributed by atoms with Crippen molar-refractivity contribution in [2.45, 2.75) is 32.5 Å². The van der Waals surface area contributed by atoms with Gasteiger partial charge in [-0.3, -0.25) is 9.58 Å². The Balaban J connectivity index is 1.50. The number of hydrogen-bond acceptors (Lipinski definition) is 5. The zero-order valence-electron chi connectivity index (χ0n) is 17.8. The average Bonchev–Trinajstić information content (AvgIpc) is 2.94. The molecule has 1 N–H and O–H groups in total. The number of fused-ring (bicyclic) bond motifs is 1. The van der Waals surface area contributed by atoms with Gasteiger partial charge in [-0.25, -0.2) is 0 Å². The molecule has 0 amide bonds. The van der Waals surface area contributed by atoms with Gasteiger partial charge in [0.1, 0.15) is 30.3 Å². The predicted octanol–water partition coefficient (Wildman–Crippen LogP) is 3.41. The zero-order chi connectivity index (χ0) is 21.1. The van der Waals surface area contributed by atoms with Gasteiger partial charge in [0.15, 0.2) is 0 Å². The number of aryl methyl sites for hydroxylation is 1. The first-order chi connectivity index (χ1) is 14.4. The van der Waals surface area contributed by atoms with E-state index in [0.717, 1.165) is 42.3 Å². The molecule has 2 aromatic carbocycles. The number of nitrogens with zero attached hydrogens (tertiary/aromatic N) is 3. The van der Waals surface area contributed by atoms with Gasteiger partial charge in [-0.15, -0.1) is 0 Å². The molecule has 30 heavy (non-hydrogen) atoms. The van der Waals surface area contributed by atoms with E-state index < -0.39 is 5.60 Å². The standard InChI is InChI=1S/C24H29N3O3/c1-18-20(14-25-26(18)3)16-27-11-12-29-23-10-9-21(13-19(23)15-27)24(2,28)17-30-22-7-5-4-6-8-22/h4-10,13-14,28H,11-12,15-17H2,1-3H3/t24-/m1/s1. The fourth-order valence-corrected chi connectivity index (χ4v) is 3.68. The Hall–Kier alpha value is -2.83. The van der Waals surface area contributed by atoms with Crippen LogP contribution in [0, 0.1) is 6.92 Å². The maximum atomic E-state index is 11.1. The van der Waals surface area contributed by atoms with E-state index in [0.29, 0.717) is 6.61 Å². The maximum Gasteiger partial charge on any atom is 0.123 e. The van der Waals surface area contributed by atoms with Crippen molar-refractivity contribution in [3.8, 4) is 11.5 Å². The van der Waals surface area contributed by atoms with Crippen molar-refractivity contribution in [1.29, 1.82) is 0 Å². The molecule has 0 radical (unpaired) electrons. The Bertz CT molecular complexity index is 998. The van der Waals surface area contributed by atoms with Crippen LogP contribution in [0.3, 0.4) is 0 Å². The largest absolute Gasteiger partial charge is 0.492 e. The molecule has 0 fully saturated rings. The van der Waals surface area contributed by atoms with E-state index in [1.807, 2.05) is 66.5 Å². The fourth-order valence-electron chi connectivity index (χ4n) is 3.68. The first-order valence-electron chi connectivity index (χ1n) is 10.3. The lowest BCUT2D eigenvalue weighted by Gasteiger charge is -2.25. The lowest BCUT2D eigenvalue weighted by Crippen LogP contribution is -2.30. The van der Waals surface area contributed by atoms with Crippen LogP contribution in [0.4, 0.5) is 0 Å². The van der Waals surface area contributed by atoms with Crippen molar-refractivity contribution in [3.05, 3.63) is 77.1 Å². The van der Waals surface area contributed by atoms with Crippen molar-refractivity contribution < 1.29 is 14.6 Å². The van der Waals surface area contributed by atoms with E-state index >= 15 is 0 Å². The summed E-state index contributed by atoms with van der Waals surface area (Å²) in [7, 11) is 1.96. The van der Waals surface area contributed by atoms with Gasteiger partial charge in [0.2, 0.25) is 0 Å². The maximum absolute atomic E-state index is 11.1. The third-order valence-corrected chi connectivity index (χ3v) is 5.74. The summed E-state index contributed by atoms with van der Waals surface area (Å²) in [5, 5.41) is 15.4. The smallest absolute Gasteiger partial charge is 0.123 e. The number of rotatable bonds is 6. The van der Waals surface area contributed by atoms with Gasteiger partial charge in [0, 0.05) is 43.5 Å². The van der Waals surface area contributed by atoms with Gasteiger partial charge in [-0.2, -0.15) is 5.10 Å². The topological polar surface area (TPSA) is 59.8 Å². The summed E-state index contributed by atoms with van der Waals surface area (Å²) in [5.74, 6) is 1.62. The molecule has 1 atom stereocenters. The molecule has 1 aliphatic heterocycles. The van der Waals surface area contributed by atoms with Crippen LogP contribution >= 0.6 is 0 Å². The quantitative estimate of drug-likeness (QED) is 0.679. The first kappa shape index (κ1) is 20.4. The van der Waals surface area contributed by atoms with Crippen molar-refractivity contribution in [3.63, 3.8) is 0 Å². The molecule has 1 aliphatic rings. The fraction of sp³-hybridized carbons (Fsp3) is 0.375. The predicted molar refractivity (Wildman–Crippen MR) is 116 cm³/mol. The Labute approximate surface area is 177 Å². The molecular weight excluding hydrogens is 378 g/mol. The highest BCUT2D eigenvalue weighted by Gasteiger charge is 2.27. The summed E-state index contributed by atoms with van der Waals surface area (Å²) in [6.07, 6.45) is 1.93. The summed E-state index contributed by atoms with van der Waals surface area (Å²) in [5.41, 5.74) is 3.18. The number of benzene rings is 2. The number of para-hydroxylation sites is 1. The lowest BCUT2D eigenvalue weighted by atomic mass is 9.94. The van der Waals surface area contributed by atoms with Crippen LogP contribution in [0.15, 0.2) is 54.7 Å². The first-order valence-corrected chi connectivity index (χ1v) is 10.3. The second-order valence-electron chi connectivity index (χ2n) is 8.14. The van der Waals surface area contributed by atoms with Crippen molar-refractivity contribution in [2.75, 3.05) is 19.8 Å². The van der Waals surface area contributed by atoms with Gasteiger partial charge in [-0.1, -0.05) is 24.3 Å². The van der Waals surface area contributed by atoms with Crippen LogP contribution in [0.2, 0.25) is 0 Å². The van der Waals surface area contributed by atoms with E-state index in [-0.39, 0.29) is 6.61 Å². The minimum atomic E-state index is -1.11. The highest BCUT2D eigenvalue weighted by atomic mass is 16.5. The van der Waals surface area contributed by atoms with Crippen LogP contribution in [-0.2, 0) is 25.7 Å². The van der Waals surface area contributed by atoms with E-state index in [1.54, 1.807) is 6.92 Å². The number of aliphatic hydroxyl groups is 1. The number of hydrogen-bond donors (Lipinski definition) is 1. The molecule has 0 bridgehead atoms. The van der Waals surface area contributed by atoms with Crippen LogP contribution in [0.5, 0.6) is 11.5 Å². The normalized spacial score (nSPS) is 16.3. The molecule has 0 aliphatic carbocycles. The van der Waals surface area contributed by atoms with Gasteiger partial charge < -0.3 is 14.6 Å². The summed E-state index contributed by atoms with van der Waals surface area (Å²) >= 11 is 0. The molecule has 2 heterocycles. The minimum absolute atomic E-state index is 0.176. The molecule has 1 aromatic heterocycles. The monoisotopic (exact) mass is 407 g/mol. The Morgan fingerprint density at radius 3 is 2.73 bits per heavy atom. The molecule has 0 spiro atoms. The van der Waals surface area contributed by atoms with Crippen molar-refractivity contribution >= 4 is 0 Å². The molecular formula is C24H29N3O3. The third-order valence-electron chi connectivity index (χ3n) is 5.74. The van der Waals surface area contributed by atoms with Crippen molar-refractivity contribution in [1.82, 2.24) is 14.7 Å². The van der Waals surface area contributed by atoms with Gasteiger partial charge >= 0.3 is 0 Å². The number of aromatic nitrogens is 2. The second kappa shape index (κ2) is 8.50. The van der Waals surface area contributed by atoms with Gasteiger partial charge in [0.05, 0.1) is 6.20 Å². The zero-order valence-corrected chi connectivity index (χ0v) is 17.8. The van der Waals surface area contributed by atoms with Crippen LogP contribution in [-0.4, -0.2) is 39.5 Å². The van der Waals surface area contributed by atoms with Crippen LogP contribution < -0.4 is 9.47 Å². The molecule has 0 saturated heterocycles. The van der Waals surface area contributed by atoms with Crippen molar-refractivity contribution in [2.24, 2.45) is 7.05 Å². The Kier molecular flexibility index (Phi) is 5.79. The average molecular weight is 408 g/mol. The third kappa shape index (κ3) is 4.50. The molecule has 4 rings (SSSR count). The Morgan fingerprint density at radius 2 is 2.00 bits per heavy atom. The van der Waals surface area contributed by atoms with Crippen LogP contribution in [0.25, 0.3) is 0 Å². The number of ether oxygens (including phenoxy) is 2. The molecule has 158 valence electrons. The highest BCUT2D eigenvalue weighted by Crippen LogP contribution is 2.30.